The van der Waals surface area contributed by atoms with E-state index in [1.807, 2.05) is 13.8 Å². The monoisotopic (exact) mass is 273 g/mol. The highest BCUT2D eigenvalue weighted by Gasteiger charge is 2.31. The molecular weight excluding hydrogens is 256 g/mol. The standard InChI is InChI=1S/C14H18ClF2N/c1-3-6-18-11-5-4-8(2)12-9(15)7-10(16)14(17)13(11)12/h7-8,11,18H,3-6H2,1-2H3. The van der Waals surface area contributed by atoms with Crippen molar-refractivity contribution in [3.05, 3.63) is 33.9 Å². The van der Waals surface area contributed by atoms with Crippen LogP contribution < -0.4 is 5.32 Å². The number of hydrogen-bond donors (Lipinski definition) is 1. The number of hydrogen-bond acceptors (Lipinski definition) is 1. The molecule has 18 heavy (non-hydrogen) atoms. The van der Waals surface area contributed by atoms with Crippen molar-refractivity contribution in [1.29, 1.82) is 0 Å². The van der Waals surface area contributed by atoms with Gasteiger partial charge in [0.15, 0.2) is 11.6 Å². The van der Waals surface area contributed by atoms with Crippen LogP contribution in [0.1, 0.15) is 56.2 Å². The summed E-state index contributed by atoms with van der Waals surface area (Å²) < 4.78 is 27.5. The minimum Gasteiger partial charge on any atom is -0.310 e. The average Bonchev–Trinajstić information content (AvgIpc) is 2.34. The van der Waals surface area contributed by atoms with E-state index >= 15 is 0 Å². The molecule has 1 nitrogen and oxygen atoms in total. The fraction of sp³-hybridized carbons (Fsp3) is 0.571. The molecule has 0 radical (unpaired) electrons. The predicted molar refractivity (Wildman–Crippen MR) is 70.1 cm³/mol. The zero-order chi connectivity index (χ0) is 13.3. The maximum absolute atomic E-state index is 14.0. The molecule has 2 atom stereocenters. The van der Waals surface area contributed by atoms with Crippen molar-refractivity contribution in [2.75, 3.05) is 6.54 Å². The van der Waals surface area contributed by atoms with E-state index in [9.17, 15) is 8.78 Å². The van der Waals surface area contributed by atoms with Crippen molar-refractivity contribution in [2.45, 2.75) is 45.1 Å². The molecule has 0 bridgehead atoms. The Morgan fingerprint density at radius 2 is 2.06 bits per heavy atom. The molecule has 0 aliphatic heterocycles. The van der Waals surface area contributed by atoms with Crippen molar-refractivity contribution in [2.24, 2.45) is 0 Å². The number of fused-ring (bicyclic) bond motifs is 1. The van der Waals surface area contributed by atoms with Crippen LogP contribution in [0, 0.1) is 11.6 Å². The number of rotatable bonds is 3. The highest BCUT2D eigenvalue weighted by Crippen LogP contribution is 2.43. The number of benzene rings is 1. The Morgan fingerprint density at radius 3 is 2.72 bits per heavy atom. The van der Waals surface area contributed by atoms with Crippen LogP contribution in [-0.4, -0.2) is 6.54 Å². The molecule has 1 N–H and O–H groups in total. The first-order valence-corrected chi connectivity index (χ1v) is 6.84. The average molecular weight is 274 g/mol. The molecule has 2 unspecified atom stereocenters. The van der Waals surface area contributed by atoms with Crippen LogP contribution in [0.15, 0.2) is 6.07 Å². The van der Waals surface area contributed by atoms with Crippen LogP contribution in [0.3, 0.4) is 0 Å². The Bertz CT molecular complexity index is 448. The molecule has 2 rings (SSSR count). The molecule has 0 saturated heterocycles. The first-order chi connectivity index (χ1) is 8.56. The van der Waals surface area contributed by atoms with E-state index in [4.69, 9.17) is 11.6 Å². The SMILES string of the molecule is CCCNC1CCC(C)c2c(Cl)cc(F)c(F)c21. The van der Waals surface area contributed by atoms with Crippen LogP contribution in [0.5, 0.6) is 0 Å². The lowest BCUT2D eigenvalue weighted by atomic mass is 9.80. The highest BCUT2D eigenvalue weighted by molar-refractivity contribution is 6.31. The van der Waals surface area contributed by atoms with Gasteiger partial charge in [-0.05, 0) is 43.4 Å². The summed E-state index contributed by atoms with van der Waals surface area (Å²) in [6.45, 7) is 4.86. The van der Waals surface area contributed by atoms with Gasteiger partial charge in [0.25, 0.3) is 0 Å². The van der Waals surface area contributed by atoms with E-state index < -0.39 is 11.6 Å². The van der Waals surface area contributed by atoms with Gasteiger partial charge in [0.1, 0.15) is 0 Å². The summed E-state index contributed by atoms with van der Waals surface area (Å²) in [5.41, 5.74) is 1.21. The van der Waals surface area contributed by atoms with Gasteiger partial charge in [0, 0.05) is 16.6 Å². The molecule has 0 aromatic heterocycles. The summed E-state index contributed by atoms with van der Waals surface area (Å²) in [7, 11) is 0. The van der Waals surface area contributed by atoms with Crippen LogP contribution in [0.4, 0.5) is 8.78 Å². The van der Waals surface area contributed by atoms with E-state index in [-0.39, 0.29) is 12.0 Å². The molecule has 1 aromatic carbocycles. The highest BCUT2D eigenvalue weighted by atomic mass is 35.5. The van der Waals surface area contributed by atoms with Crippen molar-refractivity contribution in [1.82, 2.24) is 5.32 Å². The lowest BCUT2D eigenvalue weighted by Gasteiger charge is -2.31. The smallest absolute Gasteiger partial charge is 0.163 e. The van der Waals surface area contributed by atoms with Gasteiger partial charge in [-0.3, -0.25) is 0 Å². The molecule has 1 aliphatic rings. The molecule has 1 aliphatic carbocycles. The Hall–Kier alpha value is -0.670. The summed E-state index contributed by atoms with van der Waals surface area (Å²) in [6, 6.07) is 0.971. The molecule has 0 fully saturated rings. The van der Waals surface area contributed by atoms with Crippen LogP contribution in [0.2, 0.25) is 5.02 Å². The van der Waals surface area contributed by atoms with Gasteiger partial charge < -0.3 is 5.32 Å². The van der Waals surface area contributed by atoms with E-state index in [1.54, 1.807) is 0 Å². The van der Waals surface area contributed by atoms with Gasteiger partial charge in [-0.1, -0.05) is 25.4 Å². The predicted octanol–water partition coefficient (Wildman–Crippen LogP) is 4.56. The molecule has 4 heteroatoms. The third-order valence-electron chi connectivity index (χ3n) is 3.62. The summed E-state index contributed by atoms with van der Waals surface area (Å²) in [4.78, 5) is 0. The van der Waals surface area contributed by atoms with Crippen LogP contribution in [-0.2, 0) is 0 Å². The molecule has 100 valence electrons. The fourth-order valence-electron chi connectivity index (χ4n) is 2.70. The summed E-state index contributed by atoms with van der Waals surface area (Å²) in [6.07, 6.45) is 2.73. The van der Waals surface area contributed by atoms with Crippen molar-refractivity contribution >= 4 is 11.6 Å². The molecular formula is C14H18ClF2N. The Kier molecular flexibility index (Phi) is 4.23. The maximum atomic E-state index is 14.0. The molecule has 0 spiro atoms. The molecule has 0 heterocycles. The first kappa shape index (κ1) is 13.8. The zero-order valence-corrected chi connectivity index (χ0v) is 11.5. The Balaban J connectivity index is 2.48. The molecule has 0 saturated carbocycles. The second-order valence-electron chi connectivity index (χ2n) is 4.97. The van der Waals surface area contributed by atoms with Crippen LogP contribution in [0.25, 0.3) is 0 Å². The molecule has 0 amide bonds. The van der Waals surface area contributed by atoms with E-state index in [0.717, 1.165) is 37.4 Å². The first-order valence-electron chi connectivity index (χ1n) is 6.46. The zero-order valence-electron chi connectivity index (χ0n) is 10.7. The quantitative estimate of drug-likeness (QED) is 0.797. The lowest BCUT2D eigenvalue weighted by Crippen LogP contribution is -2.28. The van der Waals surface area contributed by atoms with Gasteiger partial charge >= 0.3 is 0 Å². The van der Waals surface area contributed by atoms with Gasteiger partial charge in [0.05, 0.1) is 0 Å². The summed E-state index contributed by atoms with van der Waals surface area (Å²) in [5.74, 6) is -1.41. The third-order valence-corrected chi connectivity index (χ3v) is 3.93. The summed E-state index contributed by atoms with van der Waals surface area (Å²) >= 11 is 6.08. The van der Waals surface area contributed by atoms with Gasteiger partial charge in [-0.15, -0.1) is 0 Å². The van der Waals surface area contributed by atoms with E-state index in [1.165, 1.54) is 0 Å². The minimum absolute atomic E-state index is 0.121. The van der Waals surface area contributed by atoms with Gasteiger partial charge in [0.2, 0.25) is 0 Å². The third kappa shape index (κ3) is 2.39. The van der Waals surface area contributed by atoms with Gasteiger partial charge in [-0.2, -0.15) is 0 Å². The fourth-order valence-corrected chi connectivity index (χ4v) is 3.08. The second kappa shape index (κ2) is 5.54. The van der Waals surface area contributed by atoms with Crippen molar-refractivity contribution in [3.8, 4) is 0 Å². The largest absolute Gasteiger partial charge is 0.310 e. The molecule has 1 aromatic rings. The van der Waals surface area contributed by atoms with E-state index in [0.29, 0.717) is 10.6 Å². The Morgan fingerprint density at radius 1 is 1.33 bits per heavy atom. The normalized spacial score (nSPS) is 22.9. The second-order valence-corrected chi connectivity index (χ2v) is 5.37. The van der Waals surface area contributed by atoms with Crippen molar-refractivity contribution < 1.29 is 8.78 Å². The number of nitrogens with one attached hydrogen (secondary N) is 1. The topological polar surface area (TPSA) is 12.0 Å². The summed E-state index contributed by atoms with van der Waals surface area (Å²) in [5, 5.41) is 3.62. The number of halogens is 3. The van der Waals surface area contributed by atoms with Gasteiger partial charge in [-0.25, -0.2) is 8.78 Å². The van der Waals surface area contributed by atoms with Crippen LogP contribution >= 0.6 is 11.6 Å². The lowest BCUT2D eigenvalue weighted by molar-refractivity contribution is 0.399. The van der Waals surface area contributed by atoms with Crippen molar-refractivity contribution in [3.63, 3.8) is 0 Å². The minimum atomic E-state index is -0.851. The Labute approximate surface area is 112 Å². The van der Waals surface area contributed by atoms with E-state index in [2.05, 4.69) is 5.32 Å². The maximum Gasteiger partial charge on any atom is 0.163 e.